The molecule has 2 aliphatic carbocycles. The number of ketones is 1. The third-order valence-electron chi connectivity index (χ3n) is 10.5. The summed E-state index contributed by atoms with van der Waals surface area (Å²) >= 11 is 0. The number of benzene rings is 1. The highest BCUT2D eigenvalue weighted by molar-refractivity contribution is 6.38. The van der Waals surface area contributed by atoms with Crippen molar-refractivity contribution < 1.29 is 38.3 Å². The van der Waals surface area contributed by atoms with Crippen molar-refractivity contribution in [3.8, 4) is 0 Å². The number of nitrogens with zero attached hydrogens (tertiary/aromatic N) is 1. The maximum absolute atomic E-state index is 14.5. The average molecular weight is 725 g/mol. The Morgan fingerprint density at radius 1 is 0.923 bits per heavy atom. The SMILES string of the molecule is CCCC(NC(=O)C1CC2(CCCC2)CN1C(=O)[C@@H](NC(=O)OCC(C)C)C1CCCCC1)C(=O)C(=O)NCC(=O)N[C@H](C(N)=O)c1ccccc1. The summed E-state index contributed by atoms with van der Waals surface area (Å²) in [6.07, 6.45) is 8.54. The first-order valence-corrected chi connectivity index (χ1v) is 18.8. The van der Waals surface area contributed by atoms with Gasteiger partial charge in [0, 0.05) is 6.54 Å². The molecule has 0 bridgehead atoms. The maximum Gasteiger partial charge on any atom is 0.407 e. The van der Waals surface area contributed by atoms with Crippen LogP contribution in [-0.4, -0.2) is 84.1 Å². The fraction of sp³-hybridized carbons (Fsp3) is 0.658. The van der Waals surface area contributed by atoms with Crippen LogP contribution >= 0.6 is 0 Å². The van der Waals surface area contributed by atoms with Gasteiger partial charge in [-0.05, 0) is 61.3 Å². The molecule has 1 heterocycles. The van der Waals surface area contributed by atoms with Crippen LogP contribution in [0.3, 0.4) is 0 Å². The average Bonchev–Trinajstić information content (AvgIpc) is 3.77. The minimum atomic E-state index is -1.20. The molecule has 1 aromatic rings. The first-order chi connectivity index (χ1) is 24.8. The molecule has 2 unspecified atom stereocenters. The third kappa shape index (κ3) is 10.8. The van der Waals surface area contributed by atoms with E-state index in [2.05, 4.69) is 21.3 Å². The number of rotatable bonds is 16. The Kier molecular flexibility index (Phi) is 14.6. The molecule has 14 nitrogen and oxygen atoms in total. The highest BCUT2D eigenvalue weighted by Gasteiger charge is 2.52. The molecule has 52 heavy (non-hydrogen) atoms. The molecule has 0 aromatic heterocycles. The molecule has 4 atom stereocenters. The lowest BCUT2D eigenvalue weighted by Gasteiger charge is -2.35. The van der Waals surface area contributed by atoms with Gasteiger partial charge in [0.2, 0.25) is 29.4 Å². The summed E-state index contributed by atoms with van der Waals surface area (Å²) in [7, 11) is 0. The molecule has 1 aromatic carbocycles. The summed E-state index contributed by atoms with van der Waals surface area (Å²) in [5, 5.41) is 10.4. The van der Waals surface area contributed by atoms with Gasteiger partial charge in [-0.2, -0.15) is 0 Å². The van der Waals surface area contributed by atoms with Gasteiger partial charge < -0.3 is 36.6 Å². The van der Waals surface area contributed by atoms with Crippen molar-refractivity contribution in [2.24, 2.45) is 23.0 Å². The number of carbonyl (C=O) groups excluding carboxylic acids is 7. The van der Waals surface area contributed by atoms with Crippen LogP contribution in [0.4, 0.5) is 4.79 Å². The number of hydrogen-bond donors (Lipinski definition) is 5. The molecular weight excluding hydrogens is 668 g/mol. The molecule has 6 amide bonds. The Labute approximate surface area is 306 Å². The minimum Gasteiger partial charge on any atom is -0.449 e. The first-order valence-electron chi connectivity index (χ1n) is 18.8. The summed E-state index contributed by atoms with van der Waals surface area (Å²) < 4.78 is 5.40. The van der Waals surface area contributed by atoms with Gasteiger partial charge in [-0.3, -0.25) is 28.8 Å². The number of Topliss-reactive ketones (excluding diaryl/α,β-unsaturated/α-hetero) is 1. The monoisotopic (exact) mass is 724 g/mol. The fourth-order valence-corrected chi connectivity index (χ4v) is 7.86. The number of nitrogens with two attached hydrogens (primary N) is 1. The van der Waals surface area contributed by atoms with E-state index in [1.807, 2.05) is 20.8 Å². The van der Waals surface area contributed by atoms with Gasteiger partial charge in [-0.25, -0.2) is 4.79 Å². The van der Waals surface area contributed by atoms with E-state index < -0.39 is 66.2 Å². The van der Waals surface area contributed by atoms with Crippen molar-refractivity contribution in [2.75, 3.05) is 19.7 Å². The zero-order valence-electron chi connectivity index (χ0n) is 30.7. The molecule has 1 spiro atoms. The number of carbonyl (C=O) groups is 7. The van der Waals surface area contributed by atoms with Crippen LogP contribution < -0.4 is 27.0 Å². The van der Waals surface area contributed by atoms with Crippen molar-refractivity contribution in [1.82, 2.24) is 26.2 Å². The van der Waals surface area contributed by atoms with Gasteiger partial charge in [0.05, 0.1) is 19.2 Å². The van der Waals surface area contributed by atoms with E-state index in [4.69, 9.17) is 10.5 Å². The van der Waals surface area contributed by atoms with E-state index in [9.17, 15) is 33.6 Å². The summed E-state index contributed by atoms with van der Waals surface area (Å²) in [5.74, 6) is -4.38. The predicted octanol–water partition coefficient (Wildman–Crippen LogP) is 2.79. The Bertz CT molecular complexity index is 1440. The van der Waals surface area contributed by atoms with Crippen LogP contribution in [0.5, 0.6) is 0 Å². The topological polar surface area (TPSA) is 206 Å². The number of likely N-dealkylation sites (tertiary alicyclic amines) is 1. The molecule has 3 aliphatic rings. The van der Waals surface area contributed by atoms with Crippen LogP contribution in [0.25, 0.3) is 0 Å². The molecule has 3 fully saturated rings. The zero-order valence-corrected chi connectivity index (χ0v) is 30.7. The first kappa shape index (κ1) is 40.3. The molecule has 4 rings (SSSR count). The number of hydrogen-bond acceptors (Lipinski definition) is 8. The summed E-state index contributed by atoms with van der Waals surface area (Å²) in [5.41, 5.74) is 5.69. The normalized spacial score (nSPS) is 20.1. The highest BCUT2D eigenvalue weighted by atomic mass is 16.5. The second-order valence-corrected chi connectivity index (χ2v) is 15.1. The number of nitrogens with one attached hydrogen (secondary N) is 4. The van der Waals surface area contributed by atoms with Gasteiger partial charge in [-0.15, -0.1) is 0 Å². The van der Waals surface area contributed by atoms with Crippen LogP contribution in [0.1, 0.15) is 109 Å². The highest BCUT2D eigenvalue weighted by Crippen LogP contribution is 2.48. The molecule has 1 saturated heterocycles. The molecule has 6 N–H and O–H groups in total. The van der Waals surface area contributed by atoms with Crippen molar-refractivity contribution in [3.05, 3.63) is 35.9 Å². The number of amides is 6. The Balaban J connectivity index is 1.45. The maximum atomic E-state index is 14.5. The molecule has 14 heteroatoms. The number of alkyl carbamates (subject to hydrolysis) is 1. The fourth-order valence-electron chi connectivity index (χ4n) is 7.86. The summed E-state index contributed by atoms with van der Waals surface area (Å²) in [6, 6.07) is 4.29. The summed E-state index contributed by atoms with van der Waals surface area (Å²) in [6.45, 7) is 5.64. The lowest BCUT2D eigenvalue weighted by molar-refractivity contribution is -0.143. The molecule has 1 aliphatic heterocycles. The lowest BCUT2D eigenvalue weighted by atomic mass is 9.83. The van der Waals surface area contributed by atoms with Gasteiger partial charge in [0.25, 0.3) is 5.91 Å². The van der Waals surface area contributed by atoms with Gasteiger partial charge >= 0.3 is 6.09 Å². The molecule has 286 valence electrons. The predicted molar refractivity (Wildman–Crippen MR) is 192 cm³/mol. The second-order valence-electron chi connectivity index (χ2n) is 15.1. The summed E-state index contributed by atoms with van der Waals surface area (Å²) in [4.78, 5) is 94.0. The van der Waals surface area contributed by atoms with Gasteiger partial charge in [-0.1, -0.05) is 89.6 Å². The molecular formula is C38H56N6O8. The Morgan fingerprint density at radius 2 is 1.60 bits per heavy atom. The van der Waals surface area contributed by atoms with E-state index in [1.165, 1.54) is 0 Å². The zero-order chi connectivity index (χ0) is 37.8. The minimum absolute atomic E-state index is 0.0991. The van der Waals surface area contributed by atoms with Crippen LogP contribution in [0.15, 0.2) is 30.3 Å². The number of primary amides is 1. The third-order valence-corrected chi connectivity index (χ3v) is 10.5. The number of ether oxygens (including phenoxy) is 1. The van der Waals surface area contributed by atoms with Gasteiger partial charge in [0.1, 0.15) is 18.1 Å². The van der Waals surface area contributed by atoms with E-state index in [-0.39, 0.29) is 36.2 Å². The molecule has 0 radical (unpaired) electrons. The largest absolute Gasteiger partial charge is 0.449 e. The van der Waals surface area contributed by atoms with Crippen molar-refractivity contribution in [1.29, 1.82) is 0 Å². The van der Waals surface area contributed by atoms with E-state index in [1.54, 1.807) is 35.2 Å². The molecule has 2 saturated carbocycles. The van der Waals surface area contributed by atoms with E-state index in [0.717, 1.165) is 57.8 Å². The quantitative estimate of drug-likeness (QED) is 0.160. The van der Waals surface area contributed by atoms with Crippen molar-refractivity contribution in [2.45, 2.75) is 122 Å². The van der Waals surface area contributed by atoms with Crippen LogP contribution in [-0.2, 0) is 33.5 Å². The Morgan fingerprint density at radius 3 is 2.21 bits per heavy atom. The van der Waals surface area contributed by atoms with Crippen LogP contribution in [0, 0.1) is 17.3 Å². The van der Waals surface area contributed by atoms with E-state index >= 15 is 0 Å². The standard InChI is InChI=1S/C38H56N6O8/c1-4-13-27(32(46)35(49)40-21-29(45)42-30(33(39)47)25-14-7-5-8-15-25)41-34(48)28-20-38(18-11-12-19-38)23-44(28)36(50)31(26-16-9-6-10-17-26)43-37(51)52-22-24(2)3/h5,7-8,14-15,24,26-28,30-31H,4,6,9-13,16-23H2,1-3H3,(H2,39,47)(H,40,49)(H,41,48)(H,42,45)(H,43,51)/t27?,28?,30-,31-/m0/s1. The van der Waals surface area contributed by atoms with Crippen LogP contribution in [0.2, 0.25) is 0 Å². The van der Waals surface area contributed by atoms with Crippen molar-refractivity contribution >= 4 is 41.4 Å². The Hall–Kier alpha value is -4.49. The van der Waals surface area contributed by atoms with Gasteiger partial charge in [0.15, 0.2) is 0 Å². The second kappa shape index (κ2) is 18.8. The lowest BCUT2D eigenvalue weighted by Crippen LogP contribution is -2.58. The van der Waals surface area contributed by atoms with E-state index in [0.29, 0.717) is 24.9 Å². The smallest absolute Gasteiger partial charge is 0.407 e. The van der Waals surface area contributed by atoms with Crippen molar-refractivity contribution in [3.63, 3.8) is 0 Å².